The van der Waals surface area contributed by atoms with E-state index in [-0.39, 0.29) is 0 Å². The van der Waals surface area contributed by atoms with Gasteiger partial charge in [0.05, 0.1) is 11.9 Å². The van der Waals surface area contributed by atoms with Crippen LogP contribution in [0.4, 0.5) is 17.1 Å². The van der Waals surface area contributed by atoms with E-state index in [1.807, 2.05) is 17.5 Å². The van der Waals surface area contributed by atoms with Gasteiger partial charge < -0.3 is 4.90 Å². The van der Waals surface area contributed by atoms with Crippen molar-refractivity contribution in [3.05, 3.63) is 146 Å². The van der Waals surface area contributed by atoms with Crippen molar-refractivity contribution in [3.8, 4) is 11.1 Å². The Morgan fingerprint density at radius 3 is 2.05 bits per heavy atom. The van der Waals surface area contributed by atoms with Crippen molar-refractivity contribution < 1.29 is 0 Å². The van der Waals surface area contributed by atoms with E-state index in [0.29, 0.717) is 0 Å². The smallest absolute Gasteiger partial charge is 0.124 e. The minimum Gasteiger partial charge on any atom is -0.309 e. The van der Waals surface area contributed by atoms with Gasteiger partial charge in [-0.3, -0.25) is 0 Å². The Morgan fingerprint density at radius 2 is 1.16 bits per heavy atom. The molecule has 0 aliphatic rings. The van der Waals surface area contributed by atoms with Crippen LogP contribution in [-0.4, -0.2) is 4.98 Å². The fraction of sp³-hybridized carbons (Fsp3) is 0. The standard InChI is InChI=1S/C39H24N2S2/c1-2-8-25(9-3-1)26-14-17-28(18-15-26)41(29-19-20-33-32-12-6-7-13-35(32)42-37(33)23-29)30-22-34-38-31-11-5-4-10-27(31)16-21-36(38)43-39(34)40-24-30/h1-24H. The normalized spacial score (nSPS) is 11.7. The topological polar surface area (TPSA) is 16.1 Å². The third kappa shape index (κ3) is 4.03. The Kier molecular flexibility index (Phi) is 5.58. The maximum absolute atomic E-state index is 5.04. The first-order valence-corrected chi connectivity index (χ1v) is 16.0. The number of nitrogens with zero attached hydrogens (tertiary/aromatic N) is 2. The highest BCUT2D eigenvalue weighted by Gasteiger charge is 2.18. The molecule has 3 aromatic heterocycles. The van der Waals surface area contributed by atoms with Gasteiger partial charge in [0.2, 0.25) is 0 Å². The first-order valence-electron chi connectivity index (χ1n) is 14.4. The van der Waals surface area contributed by atoms with Crippen LogP contribution in [-0.2, 0) is 0 Å². The number of benzene rings is 6. The number of fused-ring (bicyclic) bond motifs is 8. The van der Waals surface area contributed by atoms with E-state index in [1.54, 1.807) is 11.3 Å². The van der Waals surface area contributed by atoms with Crippen LogP contribution in [0.25, 0.3) is 62.4 Å². The summed E-state index contributed by atoms with van der Waals surface area (Å²) in [6, 6.07) is 50.4. The molecule has 0 bridgehead atoms. The zero-order valence-corrected chi connectivity index (χ0v) is 24.7. The molecular formula is C39H24N2S2. The number of rotatable bonds is 4. The van der Waals surface area contributed by atoms with Gasteiger partial charge in [0.1, 0.15) is 4.83 Å². The monoisotopic (exact) mass is 584 g/mol. The van der Waals surface area contributed by atoms with Gasteiger partial charge in [-0.25, -0.2) is 4.98 Å². The van der Waals surface area contributed by atoms with Crippen molar-refractivity contribution in [1.82, 2.24) is 4.98 Å². The third-order valence-corrected chi connectivity index (χ3v) is 10.5. The van der Waals surface area contributed by atoms with Crippen LogP contribution in [0, 0.1) is 0 Å². The molecule has 4 heteroatoms. The minimum absolute atomic E-state index is 1.05. The van der Waals surface area contributed by atoms with Crippen LogP contribution in [0.2, 0.25) is 0 Å². The highest BCUT2D eigenvalue weighted by Crippen LogP contribution is 2.44. The predicted molar refractivity (Wildman–Crippen MR) is 188 cm³/mol. The molecule has 9 rings (SSSR count). The van der Waals surface area contributed by atoms with Gasteiger partial charge in [0, 0.05) is 47.0 Å². The van der Waals surface area contributed by atoms with E-state index in [1.165, 1.54) is 57.5 Å². The van der Waals surface area contributed by atoms with Gasteiger partial charge in [0.25, 0.3) is 0 Å². The zero-order valence-electron chi connectivity index (χ0n) is 23.1. The summed E-state index contributed by atoms with van der Waals surface area (Å²) in [6.45, 7) is 0. The summed E-state index contributed by atoms with van der Waals surface area (Å²) in [5, 5.41) is 7.62. The number of pyridine rings is 1. The third-order valence-electron chi connectivity index (χ3n) is 8.31. The molecule has 0 N–H and O–H groups in total. The van der Waals surface area contributed by atoms with E-state index in [0.717, 1.165) is 21.9 Å². The maximum atomic E-state index is 5.04. The van der Waals surface area contributed by atoms with Gasteiger partial charge in [-0.1, -0.05) is 97.1 Å². The van der Waals surface area contributed by atoms with Crippen LogP contribution in [0.5, 0.6) is 0 Å². The first kappa shape index (κ1) is 24.6. The molecule has 3 heterocycles. The zero-order chi connectivity index (χ0) is 28.3. The number of hydrogen-bond acceptors (Lipinski definition) is 4. The van der Waals surface area contributed by atoms with Gasteiger partial charge in [0.15, 0.2) is 0 Å². The van der Waals surface area contributed by atoms with E-state index in [4.69, 9.17) is 4.98 Å². The number of thiophene rings is 2. The van der Waals surface area contributed by atoms with Crippen LogP contribution in [0.1, 0.15) is 0 Å². The molecule has 0 atom stereocenters. The lowest BCUT2D eigenvalue weighted by molar-refractivity contribution is 1.27. The van der Waals surface area contributed by atoms with Crippen molar-refractivity contribution in [2.45, 2.75) is 0 Å². The summed E-state index contributed by atoms with van der Waals surface area (Å²) in [7, 11) is 0. The molecule has 6 aromatic carbocycles. The quantitative estimate of drug-likeness (QED) is 0.205. The van der Waals surface area contributed by atoms with Crippen molar-refractivity contribution in [1.29, 1.82) is 0 Å². The molecule has 0 unspecified atom stereocenters. The molecular weight excluding hydrogens is 561 g/mol. The van der Waals surface area contributed by atoms with Crippen molar-refractivity contribution >= 4 is 91.0 Å². The lowest BCUT2D eigenvalue weighted by Gasteiger charge is -2.25. The lowest BCUT2D eigenvalue weighted by Crippen LogP contribution is -2.10. The largest absolute Gasteiger partial charge is 0.309 e. The Morgan fingerprint density at radius 1 is 0.442 bits per heavy atom. The SMILES string of the molecule is c1ccc(-c2ccc(N(c3ccc4c(c3)sc3ccccc34)c3cnc4sc5ccc6ccccc6c5c4c3)cc2)cc1. The fourth-order valence-electron chi connectivity index (χ4n) is 6.28. The molecule has 2 nitrogen and oxygen atoms in total. The second kappa shape index (κ2) is 9.77. The van der Waals surface area contributed by atoms with Gasteiger partial charge in [-0.2, -0.15) is 0 Å². The molecule has 0 aliphatic carbocycles. The van der Waals surface area contributed by atoms with Crippen molar-refractivity contribution in [3.63, 3.8) is 0 Å². The fourth-order valence-corrected chi connectivity index (χ4v) is 8.46. The van der Waals surface area contributed by atoms with Gasteiger partial charge in [-0.05, 0) is 64.4 Å². The highest BCUT2D eigenvalue weighted by atomic mass is 32.1. The van der Waals surface area contributed by atoms with E-state index in [9.17, 15) is 0 Å². The number of anilines is 3. The summed E-state index contributed by atoms with van der Waals surface area (Å²) in [6.07, 6.45) is 2.03. The van der Waals surface area contributed by atoms with Crippen molar-refractivity contribution in [2.24, 2.45) is 0 Å². The van der Waals surface area contributed by atoms with Gasteiger partial charge >= 0.3 is 0 Å². The molecule has 0 amide bonds. The maximum Gasteiger partial charge on any atom is 0.124 e. The Labute approximate surface area is 256 Å². The van der Waals surface area contributed by atoms with Crippen LogP contribution >= 0.6 is 22.7 Å². The summed E-state index contributed by atoms with van der Waals surface area (Å²) >= 11 is 3.61. The minimum atomic E-state index is 1.05. The second-order valence-corrected chi connectivity index (χ2v) is 12.9. The summed E-state index contributed by atoms with van der Waals surface area (Å²) < 4.78 is 3.86. The average Bonchev–Trinajstić information content (AvgIpc) is 3.63. The summed E-state index contributed by atoms with van der Waals surface area (Å²) in [5.41, 5.74) is 5.69. The molecule has 0 saturated carbocycles. The summed E-state index contributed by atoms with van der Waals surface area (Å²) in [5.74, 6) is 0. The lowest BCUT2D eigenvalue weighted by atomic mass is 10.0. The van der Waals surface area contributed by atoms with E-state index in [2.05, 4.69) is 144 Å². The van der Waals surface area contributed by atoms with Crippen LogP contribution in [0.15, 0.2) is 146 Å². The molecule has 0 spiro atoms. The van der Waals surface area contributed by atoms with E-state index >= 15 is 0 Å². The highest BCUT2D eigenvalue weighted by molar-refractivity contribution is 7.26. The summed E-state index contributed by atoms with van der Waals surface area (Å²) in [4.78, 5) is 8.45. The molecule has 0 saturated heterocycles. The van der Waals surface area contributed by atoms with Crippen LogP contribution in [0.3, 0.4) is 0 Å². The first-order chi connectivity index (χ1) is 21.3. The Balaban J connectivity index is 1.26. The molecule has 0 fully saturated rings. The predicted octanol–water partition coefficient (Wildman–Crippen LogP) is 12.1. The Hall–Kier alpha value is -5.03. The second-order valence-electron chi connectivity index (χ2n) is 10.8. The molecule has 9 aromatic rings. The van der Waals surface area contributed by atoms with Crippen LogP contribution < -0.4 is 4.90 Å². The molecule has 0 aliphatic heterocycles. The van der Waals surface area contributed by atoms with Gasteiger partial charge in [-0.15, -0.1) is 22.7 Å². The Bertz CT molecular complexity index is 2450. The number of aromatic nitrogens is 1. The molecule has 43 heavy (non-hydrogen) atoms. The molecule has 0 radical (unpaired) electrons. The average molecular weight is 585 g/mol. The van der Waals surface area contributed by atoms with E-state index < -0.39 is 0 Å². The van der Waals surface area contributed by atoms with Crippen molar-refractivity contribution in [2.75, 3.05) is 4.90 Å². The number of hydrogen-bond donors (Lipinski definition) is 0. The molecule has 202 valence electrons.